The molecule has 7 nitrogen and oxygen atoms in total. The predicted molar refractivity (Wildman–Crippen MR) is 110 cm³/mol. The molecular weight excluding hydrogens is 388 g/mol. The van der Waals surface area contributed by atoms with Crippen LogP contribution in [0.15, 0.2) is 24.3 Å². The number of hydrogen-bond donors (Lipinski definition) is 2. The van der Waals surface area contributed by atoms with Crippen molar-refractivity contribution in [2.75, 3.05) is 0 Å². The highest BCUT2D eigenvalue weighted by molar-refractivity contribution is 6.03. The number of ether oxygens (including phenoxy) is 2. The van der Waals surface area contributed by atoms with Crippen molar-refractivity contribution >= 4 is 17.7 Å². The molecule has 1 aliphatic carbocycles. The monoisotopic (exact) mass is 420 g/mol. The van der Waals surface area contributed by atoms with Gasteiger partial charge >= 0.3 is 11.9 Å². The van der Waals surface area contributed by atoms with E-state index in [1.807, 2.05) is 0 Å². The number of ketones is 1. The van der Waals surface area contributed by atoms with E-state index in [1.54, 1.807) is 41.5 Å². The number of Topliss-reactive ketones (excluding diaryl/α,β-unsaturated/α-hetero) is 1. The maximum absolute atomic E-state index is 13.1. The molecule has 0 aliphatic heterocycles. The van der Waals surface area contributed by atoms with Gasteiger partial charge in [-0.05, 0) is 66.2 Å². The second-order valence-electron chi connectivity index (χ2n) is 10.1. The second-order valence-corrected chi connectivity index (χ2v) is 10.1. The van der Waals surface area contributed by atoms with Crippen molar-refractivity contribution in [3.8, 4) is 5.75 Å². The van der Waals surface area contributed by atoms with E-state index in [9.17, 15) is 24.6 Å². The molecule has 0 bridgehead atoms. The van der Waals surface area contributed by atoms with Gasteiger partial charge in [0.1, 0.15) is 22.9 Å². The lowest BCUT2D eigenvalue weighted by atomic mass is 9.61. The van der Waals surface area contributed by atoms with Crippen molar-refractivity contribution in [3.63, 3.8) is 0 Å². The third-order valence-electron chi connectivity index (χ3n) is 4.87. The van der Waals surface area contributed by atoms with Crippen LogP contribution in [0.25, 0.3) is 0 Å². The molecule has 0 amide bonds. The first-order valence-corrected chi connectivity index (χ1v) is 10.0. The molecule has 0 unspecified atom stereocenters. The summed E-state index contributed by atoms with van der Waals surface area (Å²) >= 11 is 0. The fourth-order valence-corrected chi connectivity index (χ4v) is 3.84. The van der Waals surface area contributed by atoms with Gasteiger partial charge in [0.25, 0.3) is 0 Å². The van der Waals surface area contributed by atoms with Crippen LogP contribution in [0.3, 0.4) is 0 Å². The number of esters is 2. The Labute approximate surface area is 177 Å². The Morgan fingerprint density at radius 3 is 1.90 bits per heavy atom. The summed E-state index contributed by atoms with van der Waals surface area (Å²) < 4.78 is 11.0. The zero-order chi connectivity index (χ0) is 23.1. The fourth-order valence-electron chi connectivity index (χ4n) is 3.84. The summed E-state index contributed by atoms with van der Waals surface area (Å²) in [4.78, 5) is 39.1. The summed E-state index contributed by atoms with van der Waals surface area (Å²) in [6.07, 6.45) is -0.380. The Hall–Kier alpha value is -2.41. The minimum Gasteiger partial charge on any atom is -0.508 e. The van der Waals surface area contributed by atoms with Gasteiger partial charge < -0.3 is 19.7 Å². The molecule has 2 rings (SSSR count). The van der Waals surface area contributed by atoms with E-state index in [2.05, 4.69) is 0 Å². The second kappa shape index (κ2) is 8.02. The molecule has 166 valence electrons. The number of phenolic OH excluding ortho intramolecular Hbond substituents is 1. The number of benzene rings is 1. The number of phenols is 1. The molecule has 1 aromatic carbocycles. The van der Waals surface area contributed by atoms with E-state index in [0.29, 0.717) is 5.56 Å². The van der Waals surface area contributed by atoms with Gasteiger partial charge in [-0.15, -0.1) is 0 Å². The first-order chi connectivity index (χ1) is 13.5. The maximum Gasteiger partial charge on any atom is 0.317 e. The van der Waals surface area contributed by atoms with Gasteiger partial charge in [-0.1, -0.05) is 12.1 Å². The lowest BCUT2D eigenvalue weighted by molar-refractivity contribution is -0.182. The van der Waals surface area contributed by atoms with Crippen molar-refractivity contribution in [3.05, 3.63) is 29.8 Å². The standard InChI is InChI=1S/C23H32O7/c1-21(2,3)29-19(26)17-15(25)12-23(7,28)18(20(27)30-22(4,5)6)16(17)13-8-10-14(24)11-9-13/h8-11,16-18,24,28H,12H2,1-7H3/t16-,17+,18+,23-/m1/s1. The summed E-state index contributed by atoms with van der Waals surface area (Å²) in [6.45, 7) is 11.6. The van der Waals surface area contributed by atoms with Gasteiger partial charge in [-0.2, -0.15) is 0 Å². The van der Waals surface area contributed by atoms with Gasteiger partial charge in [0.05, 0.1) is 11.5 Å². The van der Waals surface area contributed by atoms with E-state index in [-0.39, 0.29) is 12.2 Å². The molecule has 1 fully saturated rings. The highest BCUT2D eigenvalue weighted by atomic mass is 16.6. The molecule has 0 aromatic heterocycles. The topological polar surface area (TPSA) is 110 Å². The van der Waals surface area contributed by atoms with Gasteiger partial charge in [0.2, 0.25) is 0 Å². The largest absolute Gasteiger partial charge is 0.508 e. The number of carbonyl (C=O) groups excluding carboxylic acids is 3. The third-order valence-corrected chi connectivity index (χ3v) is 4.87. The summed E-state index contributed by atoms with van der Waals surface area (Å²) in [7, 11) is 0. The van der Waals surface area contributed by atoms with Crippen LogP contribution >= 0.6 is 0 Å². The van der Waals surface area contributed by atoms with Crippen LogP contribution in [0.5, 0.6) is 5.75 Å². The summed E-state index contributed by atoms with van der Waals surface area (Å²) in [5.41, 5.74) is -2.93. The molecule has 1 aliphatic rings. The zero-order valence-corrected chi connectivity index (χ0v) is 18.7. The van der Waals surface area contributed by atoms with E-state index < -0.39 is 52.3 Å². The molecular formula is C23H32O7. The Morgan fingerprint density at radius 1 is 0.967 bits per heavy atom. The average Bonchev–Trinajstić information content (AvgIpc) is 2.50. The van der Waals surface area contributed by atoms with E-state index in [1.165, 1.54) is 31.2 Å². The van der Waals surface area contributed by atoms with Crippen LogP contribution in [0.2, 0.25) is 0 Å². The normalized spacial score (nSPS) is 27.5. The molecule has 0 radical (unpaired) electrons. The minimum absolute atomic E-state index is 0.00437. The molecule has 0 saturated heterocycles. The third kappa shape index (κ3) is 5.59. The summed E-state index contributed by atoms with van der Waals surface area (Å²) in [5, 5.41) is 20.7. The number of rotatable bonds is 3. The van der Waals surface area contributed by atoms with Gasteiger partial charge in [0, 0.05) is 12.3 Å². The molecule has 4 atom stereocenters. The molecule has 1 aromatic rings. The van der Waals surface area contributed by atoms with Crippen LogP contribution in [0.1, 0.15) is 66.4 Å². The minimum atomic E-state index is -1.72. The van der Waals surface area contributed by atoms with Crippen LogP contribution in [-0.4, -0.2) is 44.7 Å². The molecule has 1 saturated carbocycles. The summed E-state index contributed by atoms with van der Waals surface area (Å²) in [5.74, 6) is -5.45. The highest BCUT2D eigenvalue weighted by Crippen LogP contribution is 2.47. The zero-order valence-electron chi connectivity index (χ0n) is 18.7. The SMILES string of the molecule is CC(C)(C)OC(=O)[C@H]1C(=O)C[C@@](C)(O)[C@H](C(=O)OC(C)(C)C)[C@@H]1c1ccc(O)cc1. The molecule has 2 N–H and O–H groups in total. The van der Waals surface area contributed by atoms with Crippen LogP contribution < -0.4 is 0 Å². The quantitative estimate of drug-likeness (QED) is 0.571. The Balaban J connectivity index is 2.62. The lowest BCUT2D eigenvalue weighted by Crippen LogP contribution is -2.56. The molecule has 30 heavy (non-hydrogen) atoms. The molecule has 0 spiro atoms. The Bertz CT molecular complexity index is 809. The number of aromatic hydroxyl groups is 1. The molecule has 0 heterocycles. The van der Waals surface area contributed by atoms with Gasteiger partial charge in [-0.3, -0.25) is 14.4 Å². The van der Waals surface area contributed by atoms with Crippen molar-refractivity contribution in [1.82, 2.24) is 0 Å². The van der Waals surface area contributed by atoms with Gasteiger partial charge in [-0.25, -0.2) is 0 Å². The number of carbonyl (C=O) groups is 3. The van der Waals surface area contributed by atoms with Crippen LogP contribution in [-0.2, 0) is 23.9 Å². The smallest absolute Gasteiger partial charge is 0.317 e. The average molecular weight is 421 g/mol. The number of hydrogen-bond acceptors (Lipinski definition) is 7. The maximum atomic E-state index is 13.1. The molecule has 7 heteroatoms. The lowest BCUT2D eigenvalue weighted by Gasteiger charge is -2.44. The summed E-state index contributed by atoms with van der Waals surface area (Å²) in [6, 6.07) is 5.87. The first kappa shape index (κ1) is 23.9. The Morgan fingerprint density at radius 2 is 1.43 bits per heavy atom. The van der Waals surface area contributed by atoms with Crippen LogP contribution in [0.4, 0.5) is 0 Å². The Kier molecular flexibility index (Phi) is 6.38. The highest BCUT2D eigenvalue weighted by Gasteiger charge is 2.57. The van der Waals surface area contributed by atoms with Crippen molar-refractivity contribution in [1.29, 1.82) is 0 Å². The van der Waals surface area contributed by atoms with Crippen molar-refractivity contribution < 1.29 is 34.1 Å². The van der Waals surface area contributed by atoms with E-state index in [4.69, 9.17) is 9.47 Å². The van der Waals surface area contributed by atoms with Gasteiger partial charge in [0.15, 0.2) is 5.78 Å². The van der Waals surface area contributed by atoms with Crippen molar-refractivity contribution in [2.45, 2.75) is 77.6 Å². The fraction of sp³-hybridized carbons (Fsp3) is 0.609. The van der Waals surface area contributed by atoms with E-state index in [0.717, 1.165) is 0 Å². The van der Waals surface area contributed by atoms with Crippen LogP contribution in [0, 0.1) is 11.8 Å². The van der Waals surface area contributed by atoms with E-state index >= 15 is 0 Å². The first-order valence-electron chi connectivity index (χ1n) is 10.0. The predicted octanol–water partition coefficient (Wildman–Crippen LogP) is 3.12. The van der Waals surface area contributed by atoms with Crippen molar-refractivity contribution in [2.24, 2.45) is 11.8 Å². The number of aliphatic hydroxyl groups is 1.